The minimum Gasteiger partial charge on any atom is -0.476 e. The summed E-state index contributed by atoms with van der Waals surface area (Å²) in [4.78, 5) is 27.5. The van der Waals surface area contributed by atoms with E-state index in [4.69, 9.17) is 11.6 Å². The van der Waals surface area contributed by atoms with Gasteiger partial charge in [-0.15, -0.1) is 0 Å². The van der Waals surface area contributed by atoms with Crippen LogP contribution in [0.5, 0.6) is 0 Å². The van der Waals surface area contributed by atoms with Crippen LogP contribution in [-0.2, 0) is 7.05 Å². The molecule has 0 saturated carbocycles. The zero-order chi connectivity index (χ0) is 15.1. The van der Waals surface area contributed by atoms with Crippen LogP contribution in [0.1, 0.15) is 10.5 Å². The lowest BCUT2D eigenvalue weighted by Gasteiger charge is -2.03. The SMILES string of the molecule is Cn1cnc2c(C(=O)O)nn(-c3cccc(Cl)c3)c2c1=O. The highest BCUT2D eigenvalue weighted by Crippen LogP contribution is 2.20. The van der Waals surface area contributed by atoms with Gasteiger partial charge in [-0.25, -0.2) is 14.5 Å². The molecule has 0 amide bonds. The predicted molar refractivity (Wildman–Crippen MR) is 76.1 cm³/mol. The Hall–Kier alpha value is -2.67. The molecule has 0 aliphatic heterocycles. The Kier molecular flexibility index (Phi) is 2.99. The summed E-state index contributed by atoms with van der Waals surface area (Å²) in [5.74, 6) is -1.25. The van der Waals surface area contributed by atoms with E-state index in [1.54, 1.807) is 24.3 Å². The first-order chi connectivity index (χ1) is 9.99. The molecule has 21 heavy (non-hydrogen) atoms. The molecule has 2 heterocycles. The Morgan fingerprint density at radius 2 is 2.14 bits per heavy atom. The van der Waals surface area contributed by atoms with Crippen LogP contribution in [0.3, 0.4) is 0 Å². The molecule has 0 fully saturated rings. The second kappa shape index (κ2) is 4.71. The largest absolute Gasteiger partial charge is 0.476 e. The third kappa shape index (κ3) is 2.07. The number of halogens is 1. The maximum absolute atomic E-state index is 12.3. The highest BCUT2D eigenvalue weighted by molar-refractivity contribution is 6.30. The lowest BCUT2D eigenvalue weighted by molar-refractivity contribution is 0.0692. The second-order valence-electron chi connectivity index (χ2n) is 4.40. The molecule has 2 aromatic heterocycles. The van der Waals surface area contributed by atoms with Gasteiger partial charge in [0.15, 0.2) is 11.2 Å². The third-order valence-corrected chi connectivity index (χ3v) is 3.23. The number of aromatic nitrogens is 4. The van der Waals surface area contributed by atoms with Gasteiger partial charge in [0.25, 0.3) is 5.56 Å². The molecule has 1 N–H and O–H groups in total. The summed E-state index contributed by atoms with van der Waals surface area (Å²) in [5.41, 5.74) is -0.0296. The Labute approximate surface area is 123 Å². The number of rotatable bonds is 2. The van der Waals surface area contributed by atoms with E-state index in [1.807, 2.05) is 0 Å². The number of hydrogen-bond acceptors (Lipinski definition) is 4. The number of carbonyl (C=O) groups is 1. The van der Waals surface area contributed by atoms with Gasteiger partial charge in [-0.3, -0.25) is 4.79 Å². The van der Waals surface area contributed by atoms with Gasteiger partial charge in [0.2, 0.25) is 0 Å². The fraction of sp³-hybridized carbons (Fsp3) is 0.0769. The van der Waals surface area contributed by atoms with Crippen LogP contribution in [0.4, 0.5) is 0 Å². The zero-order valence-electron chi connectivity index (χ0n) is 10.8. The van der Waals surface area contributed by atoms with Crippen molar-refractivity contribution < 1.29 is 9.90 Å². The van der Waals surface area contributed by atoms with Crippen LogP contribution >= 0.6 is 11.6 Å². The van der Waals surface area contributed by atoms with E-state index in [2.05, 4.69) is 10.1 Å². The van der Waals surface area contributed by atoms with Gasteiger partial charge in [0.05, 0.1) is 12.0 Å². The van der Waals surface area contributed by atoms with Crippen molar-refractivity contribution >= 4 is 28.6 Å². The predicted octanol–water partition coefficient (Wildman–Crippen LogP) is 1.47. The highest BCUT2D eigenvalue weighted by atomic mass is 35.5. The number of hydrogen-bond donors (Lipinski definition) is 1. The van der Waals surface area contributed by atoms with E-state index in [-0.39, 0.29) is 22.3 Å². The maximum Gasteiger partial charge on any atom is 0.358 e. The molecule has 3 rings (SSSR count). The standard InChI is InChI=1S/C13H9ClN4O3/c1-17-6-15-9-10(13(20)21)16-18(11(9)12(17)19)8-4-2-3-7(14)5-8/h2-6H,1H3,(H,20,21). The quantitative estimate of drug-likeness (QED) is 0.774. The van der Waals surface area contributed by atoms with Crippen molar-refractivity contribution in [3.05, 3.63) is 51.7 Å². The van der Waals surface area contributed by atoms with Gasteiger partial charge < -0.3 is 9.67 Å². The Morgan fingerprint density at radius 1 is 1.38 bits per heavy atom. The summed E-state index contributed by atoms with van der Waals surface area (Å²) in [5, 5.41) is 13.6. The van der Waals surface area contributed by atoms with Gasteiger partial charge in [-0.05, 0) is 18.2 Å². The fourth-order valence-corrected chi connectivity index (χ4v) is 2.21. The topological polar surface area (TPSA) is 90.0 Å². The Bertz CT molecular complexity index is 929. The number of carboxylic acids is 1. The zero-order valence-corrected chi connectivity index (χ0v) is 11.6. The van der Waals surface area contributed by atoms with Gasteiger partial charge in [0.1, 0.15) is 5.52 Å². The van der Waals surface area contributed by atoms with Crippen molar-refractivity contribution in [2.45, 2.75) is 0 Å². The van der Waals surface area contributed by atoms with Gasteiger partial charge >= 0.3 is 5.97 Å². The number of aryl methyl sites for hydroxylation is 1. The molecule has 106 valence electrons. The molecule has 7 nitrogen and oxygen atoms in total. The number of fused-ring (bicyclic) bond motifs is 1. The fourth-order valence-electron chi connectivity index (χ4n) is 2.03. The van der Waals surface area contributed by atoms with Crippen molar-refractivity contribution in [1.29, 1.82) is 0 Å². The van der Waals surface area contributed by atoms with Crippen LogP contribution in [0.2, 0.25) is 5.02 Å². The minimum absolute atomic E-state index is 0.0468. The van der Waals surface area contributed by atoms with Gasteiger partial charge in [0, 0.05) is 12.1 Å². The molecule has 0 aliphatic rings. The first-order valence-electron chi connectivity index (χ1n) is 5.92. The molecule has 8 heteroatoms. The second-order valence-corrected chi connectivity index (χ2v) is 4.84. The molecule has 0 unspecified atom stereocenters. The van der Waals surface area contributed by atoms with E-state index in [0.29, 0.717) is 10.7 Å². The molecule has 0 bridgehead atoms. The lowest BCUT2D eigenvalue weighted by Crippen LogP contribution is -2.19. The number of aromatic carboxylic acids is 1. The normalized spacial score (nSPS) is 11.0. The van der Waals surface area contributed by atoms with E-state index in [1.165, 1.54) is 22.6 Å². The first-order valence-corrected chi connectivity index (χ1v) is 6.30. The average Bonchev–Trinajstić information content (AvgIpc) is 2.83. The van der Waals surface area contributed by atoms with Crippen LogP contribution < -0.4 is 5.56 Å². The molecule has 0 aliphatic carbocycles. The minimum atomic E-state index is -1.25. The number of benzene rings is 1. The summed E-state index contributed by atoms with van der Waals surface area (Å²) in [6.45, 7) is 0. The highest BCUT2D eigenvalue weighted by Gasteiger charge is 2.21. The van der Waals surface area contributed by atoms with E-state index >= 15 is 0 Å². The Morgan fingerprint density at radius 3 is 2.81 bits per heavy atom. The molecule has 1 aromatic carbocycles. The van der Waals surface area contributed by atoms with Crippen LogP contribution in [0, 0.1) is 0 Å². The summed E-state index contributed by atoms with van der Waals surface area (Å²) < 4.78 is 2.51. The summed E-state index contributed by atoms with van der Waals surface area (Å²) in [6, 6.07) is 6.63. The number of carboxylic acid groups (broad SMARTS) is 1. The van der Waals surface area contributed by atoms with E-state index < -0.39 is 5.97 Å². The molecule has 0 saturated heterocycles. The summed E-state index contributed by atoms with van der Waals surface area (Å²) in [6.07, 6.45) is 1.26. The third-order valence-electron chi connectivity index (χ3n) is 3.00. The van der Waals surface area contributed by atoms with E-state index in [9.17, 15) is 14.7 Å². The molecular formula is C13H9ClN4O3. The molecule has 0 radical (unpaired) electrons. The van der Waals surface area contributed by atoms with Gasteiger partial charge in [-0.2, -0.15) is 5.10 Å². The van der Waals surface area contributed by atoms with Crippen LogP contribution in [-0.4, -0.2) is 30.4 Å². The maximum atomic E-state index is 12.3. The molecular weight excluding hydrogens is 296 g/mol. The lowest BCUT2D eigenvalue weighted by atomic mass is 10.3. The van der Waals surface area contributed by atoms with Crippen molar-refractivity contribution in [2.24, 2.45) is 7.05 Å². The average molecular weight is 305 g/mol. The summed E-state index contributed by atoms with van der Waals surface area (Å²) in [7, 11) is 1.53. The van der Waals surface area contributed by atoms with Crippen LogP contribution in [0.15, 0.2) is 35.4 Å². The Balaban J connectivity index is 2.45. The van der Waals surface area contributed by atoms with E-state index in [0.717, 1.165) is 0 Å². The van der Waals surface area contributed by atoms with Crippen molar-refractivity contribution in [1.82, 2.24) is 19.3 Å². The number of nitrogens with zero attached hydrogens (tertiary/aromatic N) is 4. The van der Waals surface area contributed by atoms with Crippen LogP contribution in [0.25, 0.3) is 16.7 Å². The smallest absolute Gasteiger partial charge is 0.358 e. The summed E-state index contributed by atoms with van der Waals surface area (Å²) >= 11 is 5.93. The molecule has 3 aromatic rings. The monoisotopic (exact) mass is 304 g/mol. The van der Waals surface area contributed by atoms with Crippen molar-refractivity contribution in [2.75, 3.05) is 0 Å². The molecule has 0 spiro atoms. The molecule has 0 atom stereocenters. The van der Waals surface area contributed by atoms with Crippen molar-refractivity contribution in [3.63, 3.8) is 0 Å². The first kappa shape index (κ1) is 13.3. The van der Waals surface area contributed by atoms with Crippen molar-refractivity contribution in [3.8, 4) is 5.69 Å². The van der Waals surface area contributed by atoms with Gasteiger partial charge in [-0.1, -0.05) is 17.7 Å².